The van der Waals surface area contributed by atoms with E-state index in [9.17, 15) is 4.39 Å². The van der Waals surface area contributed by atoms with Crippen molar-refractivity contribution in [3.63, 3.8) is 0 Å². The van der Waals surface area contributed by atoms with Gasteiger partial charge in [0.1, 0.15) is 11.6 Å². The molecule has 0 N–H and O–H groups in total. The van der Waals surface area contributed by atoms with E-state index in [-0.39, 0.29) is 22.4 Å². The van der Waals surface area contributed by atoms with E-state index in [4.69, 9.17) is 11.6 Å². The molecule has 1 aromatic heterocycles. The molecule has 2 aliphatic rings. The van der Waals surface area contributed by atoms with E-state index in [2.05, 4.69) is 41.7 Å². The molecule has 4 rings (SSSR count). The predicted octanol–water partition coefficient (Wildman–Crippen LogP) is 5.10. The van der Waals surface area contributed by atoms with Gasteiger partial charge in [-0.15, -0.1) is 0 Å². The topological polar surface area (TPSA) is 29.0 Å². The number of hydrogen-bond acceptors (Lipinski definition) is 3. The van der Waals surface area contributed by atoms with Gasteiger partial charge in [0, 0.05) is 29.1 Å². The van der Waals surface area contributed by atoms with E-state index < -0.39 is 0 Å². The highest BCUT2D eigenvalue weighted by Gasteiger charge is 2.36. The lowest BCUT2D eigenvalue weighted by Gasteiger charge is -2.41. The summed E-state index contributed by atoms with van der Waals surface area (Å²) < 4.78 is 13.3. The van der Waals surface area contributed by atoms with Crippen molar-refractivity contribution in [3.05, 3.63) is 64.0 Å². The molecule has 1 aliphatic carbocycles. The largest absolute Gasteiger partial charge is 0.326 e. The van der Waals surface area contributed by atoms with Crippen LogP contribution in [0.5, 0.6) is 0 Å². The number of anilines is 1. The molecule has 25 heavy (non-hydrogen) atoms. The highest BCUT2D eigenvalue weighted by molar-refractivity contribution is 6.28. The third-order valence-corrected chi connectivity index (χ3v) is 5.23. The molecule has 0 fully saturated rings. The number of halogens is 2. The van der Waals surface area contributed by atoms with Gasteiger partial charge >= 0.3 is 0 Å². The van der Waals surface area contributed by atoms with E-state index in [0.29, 0.717) is 0 Å². The van der Waals surface area contributed by atoms with Crippen LogP contribution in [0.15, 0.2) is 36.0 Å². The maximum atomic E-state index is 13.3. The van der Waals surface area contributed by atoms with Crippen LogP contribution in [0.25, 0.3) is 0 Å². The van der Waals surface area contributed by atoms with Crippen LogP contribution >= 0.6 is 11.6 Å². The van der Waals surface area contributed by atoms with Gasteiger partial charge in [-0.05, 0) is 48.2 Å². The molecule has 3 nitrogen and oxygen atoms in total. The van der Waals surface area contributed by atoms with E-state index in [0.717, 1.165) is 36.5 Å². The molecule has 2 heterocycles. The van der Waals surface area contributed by atoms with Gasteiger partial charge in [0.25, 0.3) is 0 Å². The fourth-order valence-corrected chi connectivity index (χ4v) is 4.01. The first-order valence-corrected chi connectivity index (χ1v) is 9.02. The number of aromatic nitrogens is 2. The van der Waals surface area contributed by atoms with Gasteiger partial charge in [-0.1, -0.05) is 32.9 Å². The molecular formula is C20H21ClFN3. The SMILES string of the molecule is CC(C)(C)C1=CCN1c1nc(Cl)nc2c1CCC2c1ccc(F)cc1. The van der Waals surface area contributed by atoms with Gasteiger partial charge in [0.2, 0.25) is 5.28 Å². The number of nitrogens with zero attached hydrogens (tertiary/aromatic N) is 3. The highest BCUT2D eigenvalue weighted by atomic mass is 35.5. The van der Waals surface area contributed by atoms with Gasteiger partial charge < -0.3 is 4.90 Å². The molecule has 2 aromatic rings. The molecule has 0 saturated carbocycles. The van der Waals surface area contributed by atoms with Gasteiger partial charge in [-0.3, -0.25) is 0 Å². The average Bonchev–Trinajstić information content (AvgIpc) is 2.89. The van der Waals surface area contributed by atoms with E-state index in [1.807, 2.05) is 12.1 Å². The van der Waals surface area contributed by atoms with Crippen molar-refractivity contribution in [2.75, 3.05) is 11.4 Å². The first-order chi connectivity index (χ1) is 11.8. The Morgan fingerprint density at radius 2 is 1.88 bits per heavy atom. The second-order valence-corrected chi connectivity index (χ2v) is 8.11. The summed E-state index contributed by atoms with van der Waals surface area (Å²) in [4.78, 5) is 11.3. The van der Waals surface area contributed by atoms with Crippen molar-refractivity contribution in [1.29, 1.82) is 0 Å². The average molecular weight is 358 g/mol. The van der Waals surface area contributed by atoms with E-state index in [1.165, 1.54) is 23.4 Å². The zero-order valence-corrected chi connectivity index (χ0v) is 15.4. The van der Waals surface area contributed by atoms with Gasteiger partial charge in [0.15, 0.2) is 0 Å². The Morgan fingerprint density at radius 1 is 1.16 bits per heavy atom. The summed E-state index contributed by atoms with van der Waals surface area (Å²) in [6.07, 6.45) is 4.11. The number of fused-ring (bicyclic) bond motifs is 1. The van der Waals surface area contributed by atoms with Crippen molar-refractivity contribution >= 4 is 17.4 Å². The Labute approximate surface area is 152 Å². The van der Waals surface area contributed by atoms with Crippen LogP contribution in [0.1, 0.15) is 49.9 Å². The maximum absolute atomic E-state index is 13.3. The molecule has 130 valence electrons. The first kappa shape index (κ1) is 16.5. The third-order valence-electron chi connectivity index (χ3n) is 5.06. The van der Waals surface area contributed by atoms with Crippen LogP contribution in [0.3, 0.4) is 0 Å². The Bertz CT molecular complexity index is 852. The van der Waals surface area contributed by atoms with Crippen LogP contribution in [0.4, 0.5) is 10.2 Å². The minimum absolute atomic E-state index is 0.0670. The van der Waals surface area contributed by atoms with Crippen LogP contribution in [-0.2, 0) is 6.42 Å². The van der Waals surface area contributed by atoms with E-state index in [1.54, 1.807) is 0 Å². The first-order valence-electron chi connectivity index (χ1n) is 8.64. The lowest BCUT2D eigenvalue weighted by molar-refractivity contribution is 0.466. The summed E-state index contributed by atoms with van der Waals surface area (Å²) in [7, 11) is 0. The lowest BCUT2D eigenvalue weighted by Crippen LogP contribution is -2.39. The standard InChI is InChI=1S/C20H21ClFN3/c1-20(2,3)16-10-11-25(16)18-15-9-8-14(17(15)23-19(21)24-18)12-4-6-13(22)7-5-12/h4-7,10,14H,8-9,11H2,1-3H3. The number of allylic oxidation sites excluding steroid dienone is 1. The Hall–Kier alpha value is -1.94. The van der Waals surface area contributed by atoms with Gasteiger partial charge in [-0.25, -0.2) is 9.37 Å². The summed E-state index contributed by atoms with van der Waals surface area (Å²) >= 11 is 6.27. The van der Waals surface area contributed by atoms with Crippen LogP contribution in [0.2, 0.25) is 5.28 Å². The van der Waals surface area contributed by atoms with Crippen molar-refractivity contribution in [2.45, 2.75) is 39.5 Å². The molecule has 1 aromatic carbocycles. The third kappa shape index (κ3) is 2.82. The minimum Gasteiger partial charge on any atom is -0.326 e. The van der Waals surface area contributed by atoms with Crippen molar-refractivity contribution in [2.24, 2.45) is 5.41 Å². The Balaban J connectivity index is 1.75. The fraction of sp³-hybridized carbons (Fsp3) is 0.400. The maximum Gasteiger partial charge on any atom is 0.224 e. The quantitative estimate of drug-likeness (QED) is 0.700. The second kappa shape index (κ2) is 5.80. The number of hydrogen-bond donors (Lipinski definition) is 0. The zero-order chi connectivity index (χ0) is 17.8. The molecule has 0 saturated heterocycles. The van der Waals surface area contributed by atoms with Crippen molar-refractivity contribution in [1.82, 2.24) is 9.97 Å². The second-order valence-electron chi connectivity index (χ2n) is 7.77. The van der Waals surface area contributed by atoms with Crippen LogP contribution in [-0.4, -0.2) is 16.5 Å². The minimum atomic E-state index is -0.219. The lowest BCUT2D eigenvalue weighted by atomic mass is 9.87. The molecular weight excluding hydrogens is 337 g/mol. The fourth-order valence-electron chi connectivity index (χ4n) is 3.84. The molecule has 1 atom stereocenters. The predicted molar refractivity (Wildman–Crippen MR) is 98.5 cm³/mol. The Morgan fingerprint density at radius 3 is 2.48 bits per heavy atom. The summed E-state index contributed by atoms with van der Waals surface area (Å²) in [6, 6.07) is 6.70. The highest BCUT2D eigenvalue weighted by Crippen LogP contribution is 2.44. The summed E-state index contributed by atoms with van der Waals surface area (Å²) in [6.45, 7) is 7.47. The molecule has 1 aliphatic heterocycles. The normalized spacial score (nSPS) is 19.5. The number of rotatable bonds is 2. The molecule has 0 radical (unpaired) electrons. The molecule has 1 unspecified atom stereocenters. The van der Waals surface area contributed by atoms with Gasteiger partial charge in [0.05, 0.1) is 5.69 Å². The van der Waals surface area contributed by atoms with E-state index >= 15 is 0 Å². The van der Waals surface area contributed by atoms with Crippen molar-refractivity contribution in [3.8, 4) is 0 Å². The van der Waals surface area contributed by atoms with Gasteiger partial charge in [-0.2, -0.15) is 4.98 Å². The van der Waals surface area contributed by atoms with Crippen LogP contribution in [0, 0.1) is 11.2 Å². The smallest absolute Gasteiger partial charge is 0.224 e. The molecule has 5 heteroatoms. The Kier molecular flexibility index (Phi) is 3.84. The molecule has 0 bridgehead atoms. The van der Waals surface area contributed by atoms with Crippen LogP contribution < -0.4 is 4.90 Å². The number of benzene rings is 1. The summed E-state index contributed by atoms with van der Waals surface area (Å²) in [5.41, 5.74) is 4.58. The monoisotopic (exact) mass is 357 g/mol. The molecule has 0 amide bonds. The summed E-state index contributed by atoms with van der Waals surface area (Å²) in [5.74, 6) is 0.870. The zero-order valence-electron chi connectivity index (χ0n) is 14.7. The molecule has 0 spiro atoms. The summed E-state index contributed by atoms with van der Waals surface area (Å²) in [5, 5.41) is 0.280. The van der Waals surface area contributed by atoms with Crippen molar-refractivity contribution < 1.29 is 4.39 Å².